The lowest BCUT2D eigenvalue weighted by Crippen LogP contribution is -2.55. The summed E-state index contributed by atoms with van der Waals surface area (Å²) in [7, 11) is 0. The average molecular weight is 737 g/mol. The molecular weight excluding hydrogens is 701 g/mol. The molecule has 1 aliphatic rings. The summed E-state index contributed by atoms with van der Waals surface area (Å²) < 4.78 is 32.1. The minimum absolute atomic E-state index is 0.109. The summed E-state index contributed by atoms with van der Waals surface area (Å²) >= 11 is 3.51. The number of carbonyl (C=O) groups is 3. The third kappa shape index (κ3) is 8.12. The lowest BCUT2D eigenvalue weighted by atomic mass is 9.77. The first-order valence-corrected chi connectivity index (χ1v) is 17.1. The summed E-state index contributed by atoms with van der Waals surface area (Å²) in [6.07, 6.45) is 0.0642. The molecule has 0 spiro atoms. The SMILES string of the molecule is CC(=O)Oc1ccc(N2C(=O)[C@H](CC[C@H](OC(C)=O)c3ccc(F)cc3)[C@H]2c2ccc(-c3ccc(Br)cc3)cc2OCc2ccccc2)cc1. The third-order valence-corrected chi connectivity index (χ3v) is 9.16. The maximum atomic E-state index is 14.1. The summed E-state index contributed by atoms with van der Waals surface area (Å²) in [6.45, 7) is 2.98. The summed E-state index contributed by atoms with van der Waals surface area (Å²) in [5.41, 5.74) is 5.06. The van der Waals surface area contributed by atoms with Gasteiger partial charge < -0.3 is 19.1 Å². The van der Waals surface area contributed by atoms with Gasteiger partial charge in [-0.3, -0.25) is 14.4 Å². The third-order valence-electron chi connectivity index (χ3n) is 8.63. The molecule has 0 aromatic heterocycles. The first-order chi connectivity index (χ1) is 24.2. The maximum Gasteiger partial charge on any atom is 0.308 e. The van der Waals surface area contributed by atoms with Crippen LogP contribution in [-0.4, -0.2) is 17.8 Å². The standard InChI is InChI=1S/C41H35BrFNO6/c1-26(45)49-35-19-17-34(18-20-35)44-40(37(41(44)47)22-23-38(50-27(2)46)30-10-15-33(43)16-11-30)36-21-12-31(29-8-13-32(42)14-9-29)24-39(36)48-25-28-6-4-3-5-7-28/h3-21,24,37-38,40H,22-23,25H2,1-2H3/t37-,38+,40-/m1/s1. The Balaban J connectivity index is 1.38. The van der Waals surface area contributed by atoms with Crippen molar-refractivity contribution in [1.29, 1.82) is 0 Å². The van der Waals surface area contributed by atoms with E-state index in [0.29, 0.717) is 42.2 Å². The van der Waals surface area contributed by atoms with Crippen LogP contribution in [0.2, 0.25) is 0 Å². The van der Waals surface area contributed by atoms with E-state index in [1.54, 1.807) is 41.3 Å². The molecular formula is C41H35BrFNO6. The van der Waals surface area contributed by atoms with Crippen LogP contribution in [0.1, 0.15) is 55.5 Å². The molecule has 0 N–H and O–H groups in total. The number of anilines is 1. The van der Waals surface area contributed by atoms with Crippen LogP contribution in [0.15, 0.2) is 126 Å². The predicted octanol–water partition coefficient (Wildman–Crippen LogP) is 9.55. The van der Waals surface area contributed by atoms with Crippen LogP contribution in [0, 0.1) is 11.7 Å². The number of rotatable bonds is 12. The van der Waals surface area contributed by atoms with E-state index in [1.165, 1.54) is 26.0 Å². The second-order valence-corrected chi connectivity index (χ2v) is 13.0. The molecule has 1 saturated heterocycles. The fraction of sp³-hybridized carbons (Fsp3) is 0.195. The van der Waals surface area contributed by atoms with Gasteiger partial charge in [-0.15, -0.1) is 0 Å². The lowest BCUT2D eigenvalue weighted by Gasteiger charge is -2.48. The molecule has 50 heavy (non-hydrogen) atoms. The lowest BCUT2D eigenvalue weighted by molar-refractivity contribution is -0.147. The van der Waals surface area contributed by atoms with Crippen molar-refractivity contribution in [3.05, 3.63) is 148 Å². The molecule has 0 saturated carbocycles. The molecule has 0 radical (unpaired) electrons. The molecule has 6 rings (SSSR count). The van der Waals surface area contributed by atoms with E-state index >= 15 is 0 Å². The number of benzene rings is 5. The number of ether oxygens (including phenoxy) is 3. The quantitative estimate of drug-likeness (QED) is 0.0721. The van der Waals surface area contributed by atoms with Gasteiger partial charge in [-0.1, -0.05) is 82.7 Å². The van der Waals surface area contributed by atoms with Gasteiger partial charge in [0.05, 0.1) is 12.0 Å². The molecule has 1 amide bonds. The molecule has 7 nitrogen and oxygen atoms in total. The van der Waals surface area contributed by atoms with Gasteiger partial charge >= 0.3 is 11.9 Å². The van der Waals surface area contributed by atoms with Crippen molar-refractivity contribution in [2.45, 2.75) is 45.4 Å². The molecule has 254 valence electrons. The Labute approximate surface area is 298 Å². The van der Waals surface area contributed by atoms with Gasteiger partial charge in [-0.2, -0.15) is 0 Å². The highest BCUT2D eigenvalue weighted by Crippen LogP contribution is 2.50. The van der Waals surface area contributed by atoms with Crippen molar-refractivity contribution in [3.8, 4) is 22.6 Å². The number of halogens is 2. The fourth-order valence-corrected chi connectivity index (χ4v) is 6.54. The van der Waals surface area contributed by atoms with Crippen LogP contribution >= 0.6 is 15.9 Å². The Bertz CT molecular complexity index is 1970. The molecule has 5 aromatic carbocycles. The van der Waals surface area contributed by atoms with Crippen LogP contribution in [0.4, 0.5) is 10.1 Å². The number of nitrogens with zero attached hydrogens (tertiary/aromatic N) is 1. The van der Waals surface area contributed by atoms with Crippen molar-refractivity contribution < 1.29 is 33.0 Å². The number of esters is 2. The average Bonchev–Trinajstić information content (AvgIpc) is 3.10. The second-order valence-electron chi connectivity index (χ2n) is 12.1. The Morgan fingerprint density at radius 2 is 1.50 bits per heavy atom. The van der Waals surface area contributed by atoms with E-state index in [9.17, 15) is 18.8 Å². The monoisotopic (exact) mass is 735 g/mol. The number of hydrogen-bond donors (Lipinski definition) is 0. The van der Waals surface area contributed by atoms with Crippen LogP contribution in [0.25, 0.3) is 11.1 Å². The number of carbonyl (C=O) groups excluding carboxylic acids is 3. The summed E-state index contributed by atoms with van der Waals surface area (Å²) in [5, 5.41) is 0. The molecule has 1 heterocycles. The van der Waals surface area contributed by atoms with Crippen LogP contribution in [0.5, 0.6) is 11.5 Å². The zero-order chi connectivity index (χ0) is 35.2. The van der Waals surface area contributed by atoms with E-state index in [2.05, 4.69) is 15.9 Å². The number of hydrogen-bond acceptors (Lipinski definition) is 6. The minimum Gasteiger partial charge on any atom is -0.489 e. The highest BCUT2D eigenvalue weighted by molar-refractivity contribution is 9.10. The largest absolute Gasteiger partial charge is 0.489 e. The van der Waals surface area contributed by atoms with Gasteiger partial charge in [0.25, 0.3) is 0 Å². The van der Waals surface area contributed by atoms with E-state index in [4.69, 9.17) is 14.2 Å². The van der Waals surface area contributed by atoms with Crippen molar-refractivity contribution in [3.63, 3.8) is 0 Å². The second kappa shape index (κ2) is 15.5. The molecule has 1 fully saturated rings. The molecule has 0 unspecified atom stereocenters. The maximum absolute atomic E-state index is 14.1. The van der Waals surface area contributed by atoms with Crippen molar-refractivity contribution in [2.75, 3.05) is 4.90 Å². The summed E-state index contributed by atoms with van der Waals surface area (Å²) in [6, 6.07) is 36.1. The first-order valence-electron chi connectivity index (χ1n) is 16.3. The van der Waals surface area contributed by atoms with Crippen LogP contribution in [0.3, 0.4) is 0 Å². The Morgan fingerprint density at radius 1 is 0.820 bits per heavy atom. The highest BCUT2D eigenvalue weighted by Gasteiger charge is 2.49. The van der Waals surface area contributed by atoms with Gasteiger partial charge in [-0.05, 0) is 89.7 Å². The van der Waals surface area contributed by atoms with Gasteiger partial charge in [-0.25, -0.2) is 4.39 Å². The van der Waals surface area contributed by atoms with E-state index in [0.717, 1.165) is 26.7 Å². The number of amides is 1. The first kappa shape index (κ1) is 34.6. The van der Waals surface area contributed by atoms with E-state index in [-0.39, 0.29) is 5.91 Å². The Kier molecular flexibility index (Phi) is 10.7. The van der Waals surface area contributed by atoms with Gasteiger partial charge in [0.2, 0.25) is 5.91 Å². The zero-order valence-electron chi connectivity index (χ0n) is 27.6. The van der Waals surface area contributed by atoms with Crippen molar-refractivity contribution >= 4 is 39.5 Å². The smallest absolute Gasteiger partial charge is 0.308 e. The van der Waals surface area contributed by atoms with Crippen molar-refractivity contribution in [2.24, 2.45) is 5.92 Å². The Hall–Kier alpha value is -5.28. The molecule has 3 atom stereocenters. The van der Waals surface area contributed by atoms with Crippen LogP contribution in [-0.2, 0) is 25.7 Å². The van der Waals surface area contributed by atoms with Crippen molar-refractivity contribution in [1.82, 2.24) is 0 Å². The molecule has 0 bridgehead atoms. The summed E-state index contributed by atoms with van der Waals surface area (Å²) in [4.78, 5) is 39.4. The predicted molar refractivity (Wildman–Crippen MR) is 192 cm³/mol. The molecule has 1 aliphatic heterocycles. The number of β-lactam (4-membered cyclic amide) rings is 1. The van der Waals surface area contributed by atoms with Gasteiger partial charge in [0, 0.05) is 29.6 Å². The van der Waals surface area contributed by atoms with Gasteiger partial charge in [0.15, 0.2) is 0 Å². The van der Waals surface area contributed by atoms with Gasteiger partial charge in [0.1, 0.15) is 30.0 Å². The minimum atomic E-state index is -0.660. The van der Waals surface area contributed by atoms with Crippen LogP contribution < -0.4 is 14.4 Å². The van der Waals surface area contributed by atoms with E-state index in [1.807, 2.05) is 72.8 Å². The molecule has 0 aliphatic carbocycles. The zero-order valence-corrected chi connectivity index (χ0v) is 29.1. The topological polar surface area (TPSA) is 82.1 Å². The fourth-order valence-electron chi connectivity index (χ4n) is 6.28. The summed E-state index contributed by atoms with van der Waals surface area (Å²) in [5.74, 6) is -0.892. The molecule has 5 aromatic rings. The normalized spacial score (nSPS) is 15.9. The highest BCUT2D eigenvalue weighted by atomic mass is 79.9. The van der Waals surface area contributed by atoms with E-state index < -0.39 is 35.8 Å². The molecule has 9 heteroatoms. The Morgan fingerprint density at radius 3 is 2.16 bits per heavy atom.